The molecule has 0 fully saturated rings. The van der Waals surface area contributed by atoms with E-state index in [-0.39, 0.29) is 22.8 Å². The van der Waals surface area contributed by atoms with Crippen LogP contribution in [0.3, 0.4) is 0 Å². The zero-order valence-corrected chi connectivity index (χ0v) is 18.8. The van der Waals surface area contributed by atoms with Gasteiger partial charge >= 0.3 is 0 Å². The first-order chi connectivity index (χ1) is 16.3. The van der Waals surface area contributed by atoms with Crippen molar-refractivity contribution in [2.24, 2.45) is 0 Å². The SMILES string of the molecule is CC/C=C(\C)C(=O)Nc1ccc(F)c(-c2cnc3[nH]cc(-c4cc(F)cc(F)c4OC)c3c2)c1. The summed E-state index contributed by atoms with van der Waals surface area (Å²) in [6.45, 7) is 3.64. The number of amides is 1. The lowest BCUT2D eigenvalue weighted by molar-refractivity contribution is -0.112. The number of nitrogens with zero attached hydrogens (tertiary/aromatic N) is 1. The van der Waals surface area contributed by atoms with Crippen LogP contribution in [-0.2, 0) is 4.79 Å². The predicted molar refractivity (Wildman–Crippen MR) is 126 cm³/mol. The summed E-state index contributed by atoms with van der Waals surface area (Å²) in [5.74, 6) is -2.49. The Morgan fingerprint density at radius 2 is 1.88 bits per heavy atom. The predicted octanol–water partition coefficient (Wildman–Crippen LogP) is 6.62. The van der Waals surface area contributed by atoms with Crippen LogP contribution in [-0.4, -0.2) is 23.0 Å². The third-order valence-corrected chi connectivity index (χ3v) is 5.44. The molecule has 0 radical (unpaired) electrons. The number of pyridine rings is 1. The highest BCUT2D eigenvalue weighted by atomic mass is 19.1. The standard InChI is InChI=1S/C26H22F3N3O2/c1-4-5-14(2)26(33)32-17-6-7-22(28)18(11-17)15-8-20-21(13-31-25(20)30-12-15)19-9-16(27)10-23(29)24(19)34-3/h5-13H,4H2,1-3H3,(H,30,31)(H,32,33)/b14-5+. The molecule has 0 saturated heterocycles. The van der Waals surface area contributed by atoms with Gasteiger partial charge in [0.2, 0.25) is 0 Å². The Kier molecular flexibility index (Phi) is 6.40. The summed E-state index contributed by atoms with van der Waals surface area (Å²) >= 11 is 0. The Bertz CT molecular complexity index is 1430. The first-order valence-corrected chi connectivity index (χ1v) is 10.6. The minimum Gasteiger partial charge on any atom is -0.493 e. The maximum atomic E-state index is 14.8. The molecule has 0 aliphatic heterocycles. The number of aromatic amines is 1. The zero-order valence-electron chi connectivity index (χ0n) is 18.8. The number of nitrogens with one attached hydrogen (secondary N) is 2. The molecule has 0 aliphatic carbocycles. The van der Waals surface area contributed by atoms with Crippen LogP contribution in [0.2, 0.25) is 0 Å². The number of ether oxygens (including phenoxy) is 1. The number of hydrogen-bond donors (Lipinski definition) is 2. The zero-order chi connectivity index (χ0) is 24.4. The topological polar surface area (TPSA) is 67.0 Å². The minimum absolute atomic E-state index is 0.112. The third kappa shape index (κ3) is 4.39. The van der Waals surface area contributed by atoms with Crippen LogP contribution in [0, 0.1) is 17.5 Å². The van der Waals surface area contributed by atoms with Gasteiger partial charge in [0.1, 0.15) is 17.3 Å². The van der Waals surface area contributed by atoms with Crippen molar-refractivity contribution in [3.63, 3.8) is 0 Å². The van der Waals surface area contributed by atoms with Crippen LogP contribution < -0.4 is 10.1 Å². The van der Waals surface area contributed by atoms with Gasteiger partial charge in [0.25, 0.3) is 5.91 Å². The van der Waals surface area contributed by atoms with E-state index in [1.807, 2.05) is 6.92 Å². The number of aromatic nitrogens is 2. The van der Waals surface area contributed by atoms with Crippen molar-refractivity contribution in [2.45, 2.75) is 20.3 Å². The first-order valence-electron chi connectivity index (χ1n) is 10.6. The van der Waals surface area contributed by atoms with Crippen molar-refractivity contribution in [2.75, 3.05) is 12.4 Å². The van der Waals surface area contributed by atoms with Crippen LogP contribution in [0.15, 0.2) is 60.4 Å². The second kappa shape index (κ2) is 9.43. The van der Waals surface area contributed by atoms with Crippen LogP contribution >= 0.6 is 0 Å². The molecule has 0 spiro atoms. The van der Waals surface area contributed by atoms with Gasteiger partial charge < -0.3 is 15.0 Å². The molecule has 174 valence electrons. The number of halogens is 3. The van der Waals surface area contributed by atoms with Gasteiger partial charge in [0, 0.05) is 57.4 Å². The summed E-state index contributed by atoms with van der Waals surface area (Å²) in [6.07, 6.45) is 5.57. The second-order valence-corrected chi connectivity index (χ2v) is 7.74. The molecule has 0 aliphatic rings. The molecule has 0 bridgehead atoms. The number of benzene rings is 2. The number of allylic oxidation sites excluding steroid dienone is 1. The Morgan fingerprint density at radius 3 is 2.62 bits per heavy atom. The van der Waals surface area contributed by atoms with Gasteiger partial charge in [-0.1, -0.05) is 13.0 Å². The van der Waals surface area contributed by atoms with Gasteiger partial charge in [-0.3, -0.25) is 4.79 Å². The maximum absolute atomic E-state index is 14.8. The molecule has 0 saturated carbocycles. The Morgan fingerprint density at radius 1 is 1.09 bits per heavy atom. The summed E-state index contributed by atoms with van der Waals surface area (Å²) < 4.78 is 48.2. The minimum atomic E-state index is -0.835. The number of anilines is 1. The van der Waals surface area contributed by atoms with Crippen LogP contribution in [0.4, 0.5) is 18.9 Å². The molecule has 2 aromatic carbocycles. The highest BCUT2D eigenvalue weighted by molar-refractivity contribution is 6.03. The van der Waals surface area contributed by atoms with E-state index in [0.717, 1.165) is 12.5 Å². The normalized spacial score (nSPS) is 11.6. The Balaban J connectivity index is 1.79. The molecule has 5 nitrogen and oxygen atoms in total. The van der Waals surface area contributed by atoms with E-state index in [9.17, 15) is 18.0 Å². The van der Waals surface area contributed by atoms with E-state index >= 15 is 0 Å². The molecular weight excluding hydrogens is 443 g/mol. The number of fused-ring (bicyclic) bond motifs is 1. The number of hydrogen-bond acceptors (Lipinski definition) is 3. The van der Waals surface area contributed by atoms with Gasteiger partial charge in [-0.2, -0.15) is 0 Å². The molecule has 2 aromatic heterocycles. The number of H-pyrrole nitrogens is 1. The highest BCUT2D eigenvalue weighted by Crippen LogP contribution is 2.38. The number of rotatable bonds is 6. The maximum Gasteiger partial charge on any atom is 0.250 e. The van der Waals surface area contributed by atoms with E-state index in [1.165, 1.54) is 37.6 Å². The van der Waals surface area contributed by atoms with Crippen molar-refractivity contribution in [1.29, 1.82) is 0 Å². The third-order valence-electron chi connectivity index (χ3n) is 5.44. The molecule has 0 unspecified atom stereocenters. The van der Waals surface area contributed by atoms with Crippen molar-refractivity contribution in [3.8, 4) is 28.0 Å². The quantitative estimate of drug-likeness (QED) is 0.315. The highest BCUT2D eigenvalue weighted by Gasteiger charge is 2.18. The molecule has 2 N–H and O–H groups in total. The van der Waals surface area contributed by atoms with Gasteiger partial charge in [-0.15, -0.1) is 0 Å². The van der Waals surface area contributed by atoms with Gasteiger partial charge in [0.15, 0.2) is 11.6 Å². The van der Waals surface area contributed by atoms with E-state index in [1.54, 1.807) is 25.3 Å². The lowest BCUT2D eigenvalue weighted by atomic mass is 10.0. The van der Waals surface area contributed by atoms with E-state index in [0.29, 0.717) is 33.4 Å². The van der Waals surface area contributed by atoms with Crippen molar-refractivity contribution in [3.05, 3.63) is 77.9 Å². The van der Waals surface area contributed by atoms with E-state index in [4.69, 9.17) is 4.74 Å². The summed E-state index contributed by atoms with van der Waals surface area (Å²) in [5.41, 5.74) is 2.73. The summed E-state index contributed by atoms with van der Waals surface area (Å²) in [5, 5.41) is 3.28. The fraction of sp³-hybridized carbons (Fsp3) is 0.154. The molecule has 1 amide bonds. The molecule has 4 rings (SSSR count). The van der Waals surface area contributed by atoms with Gasteiger partial charge in [-0.05, 0) is 43.7 Å². The van der Waals surface area contributed by atoms with Gasteiger partial charge in [-0.25, -0.2) is 18.2 Å². The van der Waals surface area contributed by atoms with Crippen molar-refractivity contribution in [1.82, 2.24) is 9.97 Å². The molecule has 8 heteroatoms. The monoisotopic (exact) mass is 465 g/mol. The molecular formula is C26H22F3N3O2. The van der Waals surface area contributed by atoms with E-state index in [2.05, 4.69) is 15.3 Å². The molecule has 34 heavy (non-hydrogen) atoms. The van der Waals surface area contributed by atoms with E-state index < -0.39 is 17.5 Å². The molecule has 4 aromatic rings. The van der Waals surface area contributed by atoms with Gasteiger partial charge in [0.05, 0.1) is 7.11 Å². The summed E-state index contributed by atoms with van der Waals surface area (Å²) in [6, 6.07) is 7.83. The average molecular weight is 465 g/mol. The number of methoxy groups -OCH3 is 1. The van der Waals surface area contributed by atoms with Crippen molar-refractivity contribution < 1.29 is 22.7 Å². The van der Waals surface area contributed by atoms with Crippen LogP contribution in [0.5, 0.6) is 5.75 Å². The smallest absolute Gasteiger partial charge is 0.250 e. The molecule has 0 atom stereocenters. The largest absolute Gasteiger partial charge is 0.493 e. The fourth-order valence-electron chi connectivity index (χ4n) is 3.79. The first kappa shape index (κ1) is 23.1. The summed E-state index contributed by atoms with van der Waals surface area (Å²) in [7, 11) is 1.30. The second-order valence-electron chi connectivity index (χ2n) is 7.74. The number of carbonyl (C=O) groups is 1. The molecule has 2 heterocycles. The Labute approximate surface area is 194 Å². The lowest BCUT2D eigenvalue weighted by Crippen LogP contribution is -2.12. The summed E-state index contributed by atoms with van der Waals surface area (Å²) in [4.78, 5) is 19.6. The Hall–Kier alpha value is -4.07. The van der Waals surface area contributed by atoms with Crippen LogP contribution in [0.1, 0.15) is 20.3 Å². The average Bonchev–Trinajstić information content (AvgIpc) is 3.23. The lowest BCUT2D eigenvalue weighted by Gasteiger charge is -2.11. The fourth-order valence-corrected chi connectivity index (χ4v) is 3.79. The van der Waals surface area contributed by atoms with Crippen LogP contribution in [0.25, 0.3) is 33.3 Å². The number of carbonyl (C=O) groups excluding carboxylic acids is 1. The van der Waals surface area contributed by atoms with Crippen molar-refractivity contribution >= 4 is 22.6 Å².